The standard InChI is InChI=1S/C26H25N3O6/c30-22(31)21-11-26(23(32)28(24(33)27-26)12-15-9-10-15)14-29(21)25(34)35-13-20-18-7-3-1-5-16(18)17-6-2-4-8-19(17)20/h1-8,15,20-21H,9-14H2,(H,27,33)(H,30,31)/t21-,26+/m0/s1. The molecule has 35 heavy (non-hydrogen) atoms. The van der Waals surface area contributed by atoms with Gasteiger partial charge in [0.15, 0.2) is 0 Å². The van der Waals surface area contributed by atoms with Gasteiger partial charge in [-0.05, 0) is 41.0 Å². The molecule has 6 rings (SSSR count). The minimum Gasteiger partial charge on any atom is -0.480 e. The summed E-state index contributed by atoms with van der Waals surface area (Å²) in [6, 6.07) is 14.1. The number of urea groups is 1. The van der Waals surface area contributed by atoms with Gasteiger partial charge in [-0.15, -0.1) is 0 Å². The quantitative estimate of drug-likeness (QED) is 0.643. The lowest BCUT2D eigenvalue weighted by Gasteiger charge is -2.23. The van der Waals surface area contributed by atoms with Gasteiger partial charge in [0.05, 0.1) is 6.54 Å². The number of nitrogens with one attached hydrogen (secondary N) is 1. The van der Waals surface area contributed by atoms with E-state index in [9.17, 15) is 24.3 Å². The molecule has 2 aromatic rings. The maximum absolute atomic E-state index is 13.2. The van der Waals surface area contributed by atoms with E-state index in [1.54, 1.807) is 0 Å². The van der Waals surface area contributed by atoms with Crippen molar-refractivity contribution in [3.8, 4) is 11.1 Å². The van der Waals surface area contributed by atoms with Crippen LogP contribution in [-0.4, -0.2) is 70.2 Å². The van der Waals surface area contributed by atoms with Crippen LogP contribution in [0.3, 0.4) is 0 Å². The second-order valence-corrected chi connectivity index (χ2v) is 9.86. The number of likely N-dealkylation sites (tertiary alicyclic amines) is 1. The SMILES string of the molecule is O=C(O)[C@@H]1C[C@]2(CN1C(=O)OCC1c3ccccc3-c3ccccc31)NC(=O)N(CC1CC1)C2=O. The predicted octanol–water partition coefficient (Wildman–Crippen LogP) is 2.80. The molecule has 0 bridgehead atoms. The van der Waals surface area contributed by atoms with Crippen LogP contribution < -0.4 is 5.32 Å². The number of aliphatic carboxylic acids is 1. The van der Waals surface area contributed by atoms with Crippen molar-refractivity contribution in [2.24, 2.45) is 5.92 Å². The summed E-state index contributed by atoms with van der Waals surface area (Å²) in [6.07, 6.45) is 0.943. The number of hydrogen-bond acceptors (Lipinski definition) is 5. The lowest BCUT2D eigenvalue weighted by Crippen LogP contribution is -2.50. The summed E-state index contributed by atoms with van der Waals surface area (Å²) in [4.78, 5) is 53.0. The highest BCUT2D eigenvalue weighted by Crippen LogP contribution is 2.45. The Bertz CT molecular complexity index is 1210. The van der Waals surface area contributed by atoms with Gasteiger partial charge in [0, 0.05) is 18.9 Å². The first-order valence-electron chi connectivity index (χ1n) is 11.9. The smallest absolute Gasteiger partial charge is 0.410 e. The lowest BCUT2D eigenvalue weighted by atomic mass is 9.96. The average molecular weight is 476 g/mol. The van der Waals surface area contributed by atoms with Gasteiger partial charge in [-0.2, -0.15) is 0 Å². The third-order valence-corrected chi connectivity index (χ3v) is 7.60. The van der Waals surface area contributed by atoms with Gasteiger partial charge >= 0.3 is 18.1 Å². The van der Waals surface area contributed by atoms with Crippen LogP contribution in [0.2, 0.25) is 0 Å². The maximum Gasteiger partial charge on any atom is 0.410 e. The molecule has 2 N–H and O–H groups in total. The number of amides is 4. The van der Waals surface area contributed by atoms with Crippen LogP contribution >= 0.6 is 0 Å². The first-order chi connectivity index (χ1) is 16.9. The Morgan fingerprint density at radius 1 is 1.03 bits per heavy atom. The number of benzene rings is 2. The highest BCUT2D eigenvalue weighted by molar-refractivity contribution is 6.08. The van der Waals surface area contributed by atoms with Gasteiger partial charge in [0.2, 0.25) is 0 Å². The molecule has 1 saturated carbocycles. The van der Waals surface area contributed by atoms with Crippen LogP contribution in [-0.2, 0) is 14.3 Å². The highest BCUT2D eigenvalue weighted by atomic mass is 16.6. The number of nitrogens with zero attached hydrogens (tertiary/aromatic N) is 2. The molecule has 2 aromatic carbocycles. The Hall–Kier alpha value is -3.88. The van der Waals surface area contributed by atoms with Crippen molar-refractivity contribution < 1.29 is 29.0 Å². The second-order valence-electron chi connectivity index (χ2n) is 9.86. The molecule has 2 aliphatic heterocycles. The minimum atomic E-state index is -1.43. The fourth-order valence-corrected chi connectivity index (χ4v) is 5.64. The van der Waals surface area contributed by atoms with Gasteiger partial charge in [-0.3, -0.25) is 14.6 Å². The number of rotatable bonds is 5. The number of carboxylic acids is 1. The molecule has 1 spiro atoms. The molecule has 180 valence electrons. The molecular weight excluding hydrogens is 450 g/mol. The highest BCUT2D eigenvalue weighted by Gasteiger charge is 2.60. The molecule has 0 radical (unpaired) electrons. The van der Waals surface area contributed by atoms with Gasteiger partial charge in [-0.1, -0.05) is 48.5 Å². The summed E-state index contributed by atoms with van der Waals surface area (Å²) in [7, 11) is 0. The number of imide groups is 1. The Balaban J connectivity index is 1.21. The van der Waals surface area contributed by atoms with Crippen LogP contribution in [0.1, 0.15) is 36.3 Å². The Kier molecular flexibility index (Phi) is 4.84. The van der Waals surface area contributed by atoms with Crippen molar-refractivity contribution >= 4 is 24.0 Å². The molecular formula is C26H25N3O6. The van der Waals surface area contributed by atoms with Gasteiger partial charge < -0.3 is 15.2 Å². The molecule has 2 saturated heterocycles. The molecule has 0 unspecified atom stereocenters. The van der Waals surface area contributed by atoms with Crippen LogP contribution in [0.15, 0.2) is 48.5 Å². The number of fused-ring (bicyclic) bond motifs is 3. The first kappa shape index (κ1) is 21.6. The first-order valence-corrected chi connectivity index (χ1v) is 11.9. The summed E-state index contributed by atoms with van der Waals surface area (Å²) in [5, 5.41) is 12.5. The summed E-state index contributed by atoms with van der Waals surface area (Å²) in [6.45, 7) is 0.137. The third-order valence-electron chi connectivity index (χ3n) is 7.60. The van der Waals surface area contributed by atoms with Gasteiger partial charge in [0.25, 0.3) is 5.91 Å². The van der Waals surface area contributed by atoms with Crippen molar-refractivity contribution in [1.29, 1.82) is 0 Å². The minimum absolute atomic E-state index is 0.0385. The third kappa shape index (κ3) is 3.45. The van der Waals surface area contributed by atoms with E-state index in [0.29, 0.717) is 12.5 Å². The van der Waals surface area contributed by atoms with Gasteiger partial charge in [-0.25, -0.2) is 14.4 Å². The van der Waals surface area contributed by atoms with Crippen LogP contribution in [0.4, 0.5) is 9.59 Å². The van der Waals surface area contributed by atoms with Crippen molar-refractivity contribution in [2.45, 2.75) is 36.8 Å². The van der Waals surface area contributed by atoms with E-state index < -0.39 is 35.6 Å². The topological polar surface area (TPSA) is 116 Å². The Labute approximate surface area is 201 Å². The van der Waals surface area contributed by atoms with Crippen LogP contribution in [0.25, 0.3) is 11.1 Å². The van der Waals surface area contributed by atoms with Gasteiger partial charge in [0.1, 0.15) is 18.2 Å². The molecule has 9 heteroatoms. The fraction of sp³-hybridized carbons (Fsp3) is 0.385. The lowest BCUT2D eigenvalue weighted by molar-refractivity contribution is -0.141. The Morgan fingerprint density at radius 2 is 1.66 bits per heavy atom. The molecule has 3 fully saturated rings. The number of carbonyl (C=O) groups is 4. The van der Waals surface area contributed by atoms with Crippen LogP contribution in [0, 0.1) is 5.92 Å². The molecule has 2 aliphatic carbocycles. The van der Waals surface area contributed by atoms with E-state index in [4.69, 9.17) is 4.74 Å². The molecule has 9 nitrogen and oxygen atoms in total. The molecule has 2 heterocycles. The van der Waals surface area contributed by atoms with E-state index >= 15 is 0 Å². The largest absolute Gasteiger partial charge is 0.480 e. The molecule has 0 aromatic heterocycles. The number of carboxylic acid groups (broad SMARTS) is 1. The zero-order valence-corrected chi connectivity index (χ0v) is 19.0. The second kappa shape index (κ2) is 7.83. The van der Waals surface area contributed by atoms with Crippen molar-refractivity contribution in [1.82, 2.24) is 15.1 Å². The monoisotopic (exact) mass is 475 g/mol. The van der Waals surface area contributed by atoms with Crippen molar-refractivity contribution in [2.75, 3.05) is 19.7 Å². The average Bonchev–Trinajstić information content (AvgIpc) is 3.44. The normalized spacial score (nSPS) is 25.1. The summed E-state index contributed by atoms with van der Waals surface area (Å²) in [5.74, 6) is -1.57. The zero-order valence-electron chi connectivity index (χ0n) is 19.0. The summed E-state index contributed by atoms with van der Waals surface area (Å²) >= 11 is 0. The fourth-order valence-electron chi connectivity index (χ4n) is 5.64. The van der Waals surface area contributed by atoms with E-state index in [2.05, 4.69) is 5.32 Å². The zero-order chi connectivity index (χ0) is 24.3. The predicted molar refractivity (Wildman–Crippen MR) is 124 cm³/mol. The molecule has 2 atom stereocenters. The van der Waals surface area contributed by atoms with Crippen LogP contribution in [0.5, 0.6) is 0 Å². The van der Waals surface area contributed by atoms with Crippen molar-refractivity contribution in [3.63, 3.8) is 0 Å². The number of ether oxygens (including phenoxy) is 1. The number of hydrogen-bond donors (Lipinski definition) is 2. The molecule has 4 aliphatic rings. The maximum atomic E-state index is 13.2. The van der Waals surface area contributed by atoms with E-state index in [0.717, 1.165) is 44.9 Å². The molecule has 4 amide bonds. The van der Waals surface area contributed by atoms with Crippen molar-refractivity contribution in [3.05, 3.63) is 59.7 Å². The van der Waals surface area contributed by atoms with E-state index in [1.165, 1.54) is 0 Å². The van der Waals surface area contributed by atoms with E-state index in [-0.39, 0.29) is 25.5 Å². The Morgan fingerprint density at radius 3 is 2.26 bits per heavy atom. The van der Waals surface area contributed by atoms with E-state index in [1.807, 2.05) is 48.5 Å². The number of carbonyl (C=O) groups excluding carboxylic acids is 3. The summed E-state index contributed by atoms with van der Waals surface area (Å²) in [5.41, 5.74) is 2.83. The summed E-state index contributed by atoms with van der Waals surface area (Å²) < 4.78 is 5.66.